The molecule has 1 rings (SSSR count). The van der Waals surface area contributed by atoms with E-state index >= 15 is 0 Å². The van der Waals surface area contributed by atoms with E-state index in [0.717, 1.165) is 5.56 Å². The molecule has 4 nitrogen and oxygen atoms in total. The highest BCUT2D eigenvalue weighted by Crippen LogP contribution is 2.09. The van der Waals surface area contributed by atoms with E-state index in [2.05, 4.69) is 10.1 Å². The van der Waals surface area contributed by atoms with Crippen LogP contribution >= 0.6 is 0 Å². The number of methoxy groups -OCH3 is 1. The van der Waals surface area contributed by atoms with Crippen molar-refractivity contribution in [1.82, 2.24) is 5.32 Å². The number of halogens is 1. The minimum absolute atomic E-state index is 0.203. The van der Waals surface area contributed by atoms with Crippen LogP contribution < -0.4 is 5.32 Å². The largest absolute Gasteiger partial charge is 0.467 e. The molecule has 5 heteroatoms. The van der Waals surface area contributed by atoms with Gasteiger partial charge in [0.15, 0.2) is 0 Å². The number of ether oxygens (including phenoxy) is 1. The van der Waals surface area contributed by atoms with Gasteiger partial charge in [-0.1, -0.05) is 26.0 Å². The molecule has 0 aliphatic rings. The van der Waals surface area contributed by atoms with Crippen LogP contribution in [0.15, 0.2) is 24.3 Å². The fourth-order valence-electron chi connectivity index (χ4n) is 2.04. The van der Waals surface area contributed by atoms with Crippen LogP contribution in [-0.4, -0.2) is 25.0 Å². The summed E-state index contributed by atoms with van der Waals surface area (Å²) in [5, 5.41) is 2.68. The van der Waals surface area contributed by atoms with Gasteiger partial charge in [-0.05, 0) is 36.5 Å². The first-order chi connectivity index (χ1) is 9.92. The normalized spacial score (nSPS) is 12.0. The quantitative estimate of drug-likeness (QED) is 0.786. The molecule has 1 atom stereocenters. The summed E-state index contributed by atoms with van der Waals surface area (Å²) < 4.78 is 17.7. The second-order valence-electron chi connectivity index (χ2n) is 5.40. The van der Waals surface area contributed by atoms with Crippen molar-refractivity contribution in [2.75, 3.05) is 7.11 Å². The van der Waals surface area contributed by atoms with E-state index in [1.165, 1.54) is 19.2 Å². The number of esters is 1. The number of amides is 1. The highest BCUT2D eigenvalue weighted by molar-refractivity contribution is 5.84. The number of benzene rings is 1. The van der Waals surface area contributed by atoms with Gasteiger partial charge in [0.2, 0.25) is 5.91 Å². The van der Waals surface area contributed by atoms with Crippen molar-refractivity contribution in [3.05, 3.63) is 35.6 Å². The van der Waals surface area contributed by atoms with Crippen molar-refractivity contribution in [2.24, 2.45) is 5.92 Å². The Hall–Kier alpha value is -1.91. The Bertz CT molecular complexity index is 488. The molecule has 0 aromatic heterocycles. The van der Waals surface area contributed by atoms with Gasteiger partial charge in [-0.3, -0.25) is 4.79 Å². The van der Waals surface area contributed by atoms with E-state index in [9.17, 15) is 14.0 Å². The predicted molar refractivity (Wildman–Crippen MR) is 78.1 cm³/mol. The summed E-state index contributed by atoms with van der Waals surface area (Å²) in [7, 11) is 1.30. The summed E-state index contributed by atoms with van der Waals surface area (Å²) in [4.78, 5) is 23.5. The van der Waals surface area contributed by atoms with Gasteiger partial charge >= 0.3 is 5.97 Å². The van der Waals surface area contributed by atoms with Gasteiger partial charge in [-0.25, -0.2) is 9.18 Å². The Kier molecular flexibility index (Phi) is 6.85. The number of aryl methyl sites for hydroxylation is 1. The lowest BCUT2D eigenvalue weighted by atomic mass is 10.0. The molecule has 0 radical (unpaired) electrons. The third-order valence-electron chi connectivity index (χ3n) is 3.06. The van der Waals surface area contributed by atoms with Crippen molar-refractivity contribution < 1.29 is 18.7 Å². The monoisotopic (exact) mass is 295 g/mol. The molecule has 1 amide bonds. The van der Waals surface area contributed by atoms with Gasteiger partial charge in [0.05, 0.1) is 7.11 Å². The zero-order valence-corrected chi connectivity index (χ0v) is 12.7. The summed E-state index contributed by atoms with van der Waals surface area (Å²) in [5.41, 5.74) is 0.753. The molecular formula is C16H22FNO3. The van der Waals surface area contributed by atoms with E-state index in [4.69, 9.17) is 0 Å². The predicted octanol–water partition coefficient (Wildman–Crippen LogP) is 2.46. The lowest BCUT2D eigenvalue weighted by Crippen LogP contribution is -2.42. The summed E-state index contributed by atoms with van der Waals surface area (Å²) in [6.45, 7) is 3.93. The van der Waals surface area contributed by atoms with Crippen molar-refractivity contribution in [3.8, 4) is 0 Å². The van der Waals surface area contributed by atoms with Crippen LogP contribution in [0.1, 0.15) is 32.3 Å². The van der Waals surface area contributed by atoms with Gasteiger partial charge in [0, 0.05) is 6.42 Å². The molecular weight excluding hydrogens is 273 g/mol. The van der Waals surface area contributed by atoms with Crippen LogP contribution in [0.4, 0.5) is 4.39 Å². The summed E-state index contributed by atoms with van der Waals surface area (Å²) in [6.07, 6.45) is 1.16. The standard InChI is InChI=1S/C16H22FNO3/c1-11(2)9-14(16(20)21-3)18-15(19)8-7-12-5-4-6-13(17)10-12/h4-6,10-11,14H,7-9H2,1-3H3,(H,18,19). The average Bonchev–Trinajstić information content (AvgIpc) is 2.43. The molecule has 0 aliphatic heterocycles. The van der Waals surface area contributed by atoms with Gasteiger partial charge in [-0.15, -0.1) is 0 Å². The van der Waals surface area contributed by atoms with Crippen LogP contribution in [0.25, 0.3) is 0 Å². The maximum atomic E-state index is 13.0. The number of hydrogen-bond acceptors (Lipinski definition) is 3. The molecule has 116 valence electrons. The molecule has 0 saturated heterocycles. The van der Waals surface area contributed by atoms with Crippen LogP contribution in [0.5, 0.6) is 0 Å². The molecule has 1 N–H and O–H groups in total. The fraction of sp³-hybridized carbons (Fsp3) is 0.500. The number of hydrogen-bond donors (Lipinski definition) is 1. The highest BCUT2D eigenvalue weighted by atomic mass is 19.1. The first kappa shape index (κ1) is 17.1. The molecule has 0 heterocycles. The van der Waals surface area contributed by atoms with Crippen molar-refractivity contribution in [2.45, 2.75) is 39.2 Å². The third kappa shape index (κ3) is 6.38. The lowest BCUT2D eigenvalue weighted by Gasteiger charge is -2.18. The van der Waals surface area contributed by atoms with Crippen molar-refractivity contribution >= 4 is 11.9 Å². The number of rotatable bonds is 7. The lowest BCUT2D eigenvalue weighted by molar-refractivity contribution is -0.145. The highest BCUT2D eigenvalue weighted by Gasteiger charge is 2.22. The molecule has 0 aliphatic carbocycles. The minimum atomic E-state index is -0.630. The van der Waals surface area contributed by atoms with Crippen molar-refractivity contribution in [1.29, 1.82) is 0 Å². The number of carbonyl (C=O) groups excluding carboxylic acids is 2. The Labute approximate surface area is 124 Å². The Morgan fingerprint density at radius 1 is 1.33 bits per heavy atom. The SMILES string of the molecule is COC(=O)C(CC(C)C)NC(=O)CCc1cccc(F)c1. The van der Waals surface area contributed by atoms with E-state index in [0.29, 0.717) is 12.8 Å². The van der Waals surface area contributed by atoms with Crippen LogP contribution in [0.3, 0.4) is 0 Å². The third-order valence-corrected chi connectivity index (χ3v) is 3.06. The topological polar surface area (TPSA) is 55.4 Å². The average molecular weight is 295 g/mol. The van der Waals surface area contributed by atoms with E-state index < -0.39 is 12.0 Å². The summed E-state index contributed by atoms with van der Waals surface area (Å²) in [5.74, 6) is -0.740. The second-order valence-corrected chi connectivity index (χ2v) is 5.40. The zero-order chi connectivity index (χ0) is 15.8. The fourth-order valence-corrected chi connectivity index (χ4v) is 2.04. The maximum absolute atomic E-state index is 13.0. The van der Waals surface area contributed by atoms with Gasteiger partial charge < -0.3 is 10.1 Å². The van der Waals surface area contributed by atoms with E-state index in [-0.39, 0.29) is 24.1 Å². The molecule has 0 bridgehead atoms. The van der Waals surface area contributed by atoms with Crippen LogP contribution in [0, 0.1) is 11.7 Å². The minimum Gasteiger partial charge on any atom is -0.467 e. The molecule has 1 aromatic carbocycles. The second kappa shape index (κ2) is 8.39. The van der Waals surface area contributed by atoms with Gasteiger partial charge in [-0.2, -0.15) is 0 Å². The Balaban J connectivity index is 2.51. The molecule has 21 heavy (non-hydrogen) atoms. The molecule has 1 unspecified atom stereocenters. The zero-order valence-electron chi connectivity index (χ0n) is 12.7. The maximum Gasteiger partial charge on any atom is 0.328 e. The van der Waals surface area contributed by atoms with Gasteiger partial charge in [0.25, 0.3) is 0 Å². The molecule has 1 aromatic rings. The van der Waals surface area contributed by atoms with E-state index in [1.54, 1.807) is 12.1 Å². The van der Waals surface area contributed by atoms with Crippen molar-refractivity contribution in [3.63, 3.8) is 0 Å². The molecule has 0 fully saturated rings. The number of nitrogens with one attached hydrogen (secondary N) is 1. The first-order valence-corrected chi connectivity index (χ1v) is 7.04. The van der Waals surface area contributed by atoms with Gasteiger partial charge in [0.1, 0.15) is 11.9 Å². The summed E-state index contributed by atoms with van der Waals surface area (Å²) >= 11 is 0. The Morgan fingerprint density at radius 2 is 2.05 bits per heavy atom. The smallest absolute Gasteiger partial charge is 0.328 e. The number of carbonyl (C=O) groups is 2. The molecule has 0 spiro atoms. The summed E-state index contributed by atoms with van der Waals surface area (Å²) in [6, 6.07) is 5.51. The Morgan fingerprint density at radius 3 is 2.62 bits per heavy atom. The van der Waals surface area contributed by atoms with Crippen LogP contribution in [0.2, 0.25) is 0 Å². The van der Waals surface area contributed by atoms with Crippen LogP contribution in [-0.2, 0) is 20.7 Å². The first-order valence-electron chi connectivity index (χ1n) is 7.04. The molecule has 0 saturated carbocycles. The van der Waals surface area contributed by atoms with E-state index in [1.807, 2.05) is 13.8 Å².